The summed E-state index contributed by atoms with van der Waals surface area (Å²) in [5.74, 6) is 1.08. The van der Waals surface area contributed by atoms with Crippen LogP contribution in [0, 0.1) is 0 Å². The van der Waals surface area contributed by atoms with Crippen molar-refractivity contribution in [2.45, 2.75) is 63.3 Å². The van der Waals surface area contributed by atoms with E-state index < -0.39 is 0 Å². The summed E-state index contributed by atoms with van der Waals surface area (Å²) in [5.41, 5.74) is -0.254. The van der Waals surface area contributed by atoms with E-state index in [2.05, 4.69) is 16.9 Å². The standard InChI is InChI=1S/C14H24N2OS/c1-2-3-4-5-6-7-8-9-12-18-13-10-11-15-14(17)16-13/h10-11H,2-9,12H2,1H3,(H,15,16,17). The second-order valence-electron chi connectivity index (χ2n) is 4.56. The van der Waals surface area contributed by atoms with Gasteiger partial charge < -0.3 is 4.98 Å². The van der Waals surface area contributed by atoms with E-state index in [4.69, 9.17) is 0 Å². The third-order valence-electron chi connectivity index (χ3n) is 2.90. The highest BCUT2D eigenvalue weighted by Crippen LogP contribution is 2.16. The highest BCUT2D eigenvalue weighted by atomic mass is 32.2. The average molecular weight is 268 g/mol. The molecule has 0 atom stereocenters. The lowest BCUT2D eigenvalue weighted by molar-refractivity contribution is 0.586. The molecule has 0 aliphatic carbocycles. The van der Waals surface area contributed by atoms with E-state index in [9.17, 15) is 4.79 Å². The highest BCUT2D eigenvalue weighted by Gasteiger charge is 1.96. The topological polar surface area (TPSA) is 45.8 Å². The van der Waals surface area contributed by atoms with Gasteiger partial charge in [-0.1, -0.05) is 51.9 Å². The number of nitrogens with one attached hydrogen (secondary N) is 1. The first-order valence-corrected chi connectivity index (χ1v) is 7.99. The molecule has 3 nitrogen and oxygen atoms in total. The van der Waals surface area contributed by atoms with E-state index in [1.54, 1.807) is 18.0 Å². The SMILES string of the molecule is CCCCCCCCCCSc1ccnc(=O)[nH]1. The first-order valence-electron chi connectivity index (χ1n) is 7.01. The molecule has 0 radical (unpaired) electrons. The number of hydrogen-bond acceptors (Lipinski definition) is 3. The molecule has 0 amide bonds. The summed E-state index contributed by atoms with van der Waals surface area (Å²) in [4.78, 5) is 17.3. The number of nitrogens with zero attached hydrogens (tertiary/aromatic N) is 1. The van der Waals surface area contributed by atoms with Crippen molar-refractivity contribution in [1.82, 2.24) is 9.97 Å². The molecule has 1 heterocycles. The van der Waals surface area contributed by atoms with Crippen LogP contribution in [0.15, 0.2) is 22.1 Å². The Morgan fingerprint density at radius 2 is 1.78 bits per heavy atom. The molecule has 0 saturated carbocycles. The normalized spacial score (nSPS) is 10.7. The minimum atomic E-state index is -0.254. The lowest BCUT2D eigenvalue weighted by Crippen LogP contribution is -2.08. The Morgan fingerprint density at radius 3 is 2.44 bits per heavy atom. The average Bonchev–Trinajstić information content (AvgIpc) is 2.37. The zero-order chi connectivity index (χ0) is 13.1. The van der Waals surface area contributed by atoms with Gasteiger partial charge in [-0.05, 0) is 18.2 Å². The number of rotatable bonds is 10. The van der Waals surface area contributed by atoms with E-state index in [0.717, 1.165) is 10.8 Å². The number of thioether (sulfide) groups is 1. The number of aromatic amines is 1. The molecule has 4 heteroatoms. The summed E-state index contributed by atoms with van der Waals surface area (Å²) in [6, 6.07) is 1.86. The molecular formula is C14H24N2OS. The maximum atomic E-state index is 11.0. The van der Waals surface area contributed by atoms with Crippen molar-refractivity contribution in [1.29, 1.82) is 0 Å². The molecule has 102 valence electrons. The smallest absolute Gasteiger partial charge is 0.300 e. The van der Waals surface area contributed by atoms with Crippen molar-refractivity contribution < 1.29 is 0 Å². The molecule has 0 bridgehead atoms. The number of aromatic nitrogens is 2. The molecule has 1 rings (SSSR count). The largest absolute Gasteiger partial charge is 0.345 e. The highest BCUT2D eigenvalue weighted by molar-refractivity contribution is 7.99. The molecule has 0 aliphatic heterocycles. The zero-order valence-electron chi connectivity index (χ0n) is 11.3. The van der Waals surface area contributed by atoms with Crippen LogP contribution < -0.4 is 5.69 Å². The fourth-order valence-corrected chi connectivity index (χ4v) is 2.74. The van der Waals surface area contributed by atoms with Gasteiger partial charge in [-0.15, -0.1) is 11.8 Å². The van der Waals surface area contributed by atoms with Crippen molar-refractivity contribution in [3.05, 3.63) is 22.7 Å². The summed E-state index contributed by atoms with van der Waals surface area (Å²) in [6.07, 6.45) is 12.3. The van der Waals surface area contributed by atoms with Crippen molar-refractivity contribution in [2.75, 3.05) is 5.75 Å². The summed E-state index contributed by atoms with van der Waals surface area (Å²) in [5, 5.41) is 0.929. The first-order chi connectivity index (χ1) is 8.83. The van der Waals surface area contributed by atoms with Crippen molar-refractivity contribution >= 4 is 11.8 Å². The molecular weight excluding hydrogens is 244 g/mol. The van der Waals surface area contributed by atoms with Gasteiger partial charge in [0.05, 0.1) is 5.03 Å². The van der Waals surface area contributed by atoms with Crippen molar-refractivity contribution in [3.63, 3.8) is 0 Å². The Kier molecular flexibility index (Phi) is 8.65. The van der Waals surface area contributed by atoms with Gasteiger partial charge in [0.15, 0.2) is 0 Å². The van der Waals surface area contributed by atoms with Gasteiger partial charge in [0, 0.05) is 6.20 Å². The molecule has 1 aromatic heterocycles. The molecule has 0 saturated heterocycles. The summed E-state index contributed by atoms with van der Waals surface area (Å²) >= 11 is 1.71. The molecule has 1 N–H and O–H groups in total. The van der Waals surface area contributed by atoms with Crippen LogP contribution in [-0.4, -0.2) is 15.7 Å². The van der Waals surface area contributed by atoms with Crippen LogP contribution in [0.3, 0.4) is 0 Å². The number of hydrogen-bond donors (Lipinski definition) is 1. The van der Waals surface area contributed by atoms with Gasteiger partial charge in [0.25, 0.3) is 0 Å². The van der Waals surface area contributed by atoms with E-state index >= 15 is 0 Å². The monoisotopic (exact) mass is 268 g/mol. The Balaban J connectivity index is 1.94. The molecule has 0 aromatic carbocycles. The summed E-state index contributed by atoms with van der Waals surface area (Å²) in [7, 11) is 0. The molecule has 18 heavy (non-hydrogen) atoms. The minimum absolute atomic E-state index is 0.254. The molecule has 1 aromatic rings. The van der Waals surface area contributed by atoms with Crippen LogP contribution in [0.25, 0.3) is 0 Å². The summed E-state index contributed by atoms with van der Waals surface area (Å²) in [6.45, 7) is 2.25. The Morgan fingerprint density at radius 1 is 1.11 bits per heavy atom. The maximum absolute atomic E-state index is 11.0. The molecule has 0 unspecified atom stereocenters. The fraction of sp³-hybridized carbons (Fsp3) is 0.714. The van der Waals surface area contributed by atoms with Crippen LogP contribution in [0.4, 0.5) is 0 Å². The van der Waals surface area contributed by atoms with Gasteiger partial charge in [0.2, 0.25) is 0 Å². The zero-order valence-corrected chi connectivity index (χ0v) is 12.1. The van der Waals surface area contributed by atoms with Gasteiger partial charge in [-0.3, -0.25) is 0 Å². The quantitative estimate of drug-likeness (QED) is 0.396. The van der Waals surface area contributed by atoms with Gasteiger partial charge in [-0.25, -0.2) is 9.78 Å². The van der Waals surface area contributed by atoms with E-state index in [-0.39, 0.29) is 5.69 Å². The van der Waals surface area contributed by atoms with Crippen LogP contribution in [0.2, 0.25) is 0 Å². The Hall–Kier alpha value is -0.770. The predicted molar refractivity (Wildman–Crippen MR) is 78.2 cm³/mol. The lowest BCUT2D eigenvalue weighted by atomic mass is 10.1. The Labute approximate surface area is 114 Å². The molecule has 0 spiro atoms. The van der Waals surface area contributed by atoms with Crippen LogP contribution in [0.1, 0.15) is 58.3 Å². The maximum Gasteiger partial charge on any atom is 0.345 e. The Bertz CT molecular complexity index is 365. The first kappa shape index (κ1) is 15.3. The van der Waals surface area contributed by atoms with Gasteiger partial charge in [-0.2, -0.15) is 0 Å². The predicted octanol–water partition coefficient (Wildman–Crippen LogP) is 4.00. The number of unbranched alkanes of at least 4 members (excludes halogenated alkanes) is 7. The van der Waals surface area contributed by atoms with Crippen LogP contribution >= 0.6 is 11.8 Å². The van der Waals surface area contributed by atoms with E-state index in [0.29, 0.717) is 0 Å². The minimum Gasteiger partial charge on any atom is -0.300 e. The van der Waals surface area contributed by atoms with Crippen molar-refractivity contribution in [2.24, 2.45) is 0 Å². The second kappa shape index (κ2) is 10.2. The van der Waals surface area contributed by atoms with Crippen LogP contribution in [0.5, 0.6) is 0 Å². The summed E-state index contributed by atoms with van der Waals surface area (Å²) < 4.78 is 0. The van der Waals surface area contributed by atoms with Gasteiger partial charge >= 0.3 is 5.69 Å². The van der Waals surface area contributed by atoms with E-state index in [1.807, 2.05) is 6.07 Å². The van der Waals surface area contributed by atoms with E-state index in [1.165, 1.54) is 51.4 Å². The second-order valence-corrected chi connectivity index (χ2v) is 5.70. The number of H-pyrrole nitrogens is 1. The fourth-order valence-electron chi connectivity index (χ4n) is 1.85. The molecule has 0 aliphatic rings. The lowest BCUT2D eigenvalue weighted by Gasteiger charge is -2.02. The van der Waals surface area contributed by atoms with Crippen LogP contribution in [-0.2, 0) is 0 Å². The third-order valence-corrected chi connectivity index (χ3v) is 3.95. The van der Waals surface area contributed by atoms with Crippen molar-refractivity contribution in [3.8, 4) is 0 Å². The van der Waals surface area contributed by atoms with Gasteiger partial charge in [0.1, 0.15) is 0 Å². The molecule has 0 fully saturated rings. The third kappa shape index (κ3) is 7.54.